The Morgan fingerprint density at radius 1 is 1.04 bits per heavy atom. The van der Waals surface area contributed by atoms with Gasteiger partial charge in [-0.25, -0.2) is 5.43 Å². The van der Waals surface area contributed by atoms with E-state index >= 15 is 0 Å². The summed E-state index contributed by atoms with van der Waals surface area (Å²) >= 11 is 0. The first kappa shape index (κ1) is 17.7. The monoisotopic (exact) mass is 351 g/mol. The lowest BCUT2D eigenvalue weighted by molar-refractivity contribution is -0.0288. The molecule has 138 valence electrons. The lowest BCUT2D eigenvalue weighted by Crippen LogP contribution is -2.45. The summed E-state index contributed by atoms with van der Waals surface area (Å²) < 4.78 is 0. The van der Waals surface area contributed by atoms with Crippen LogP contribution in [0.3, 0.4) is 0 Å². The quantitative estimate of drug-likeness (QED) is 0.793. The Hall–Kier alpha value is -1.72. The Morgan fingerprint density at radius 3 is 2.42 bits per heavy atom. The highest BCUT2D eigenvalue weighted by molar-refractivity contribution is 5.27. The van der Waals surface area contributed by atoms with Gasteiger partial charge in [-0.3, -0.25) is 5.43 Å². The predicted octanol–water partition coefficient (Wildman–Crippen LogP) is 2.74. The second kappa shape index (κ2) is 7.49. The molecule has 4 heteroatoms. The number of hydrazine groups is 1. The van der Waals surface area contributed by atoms with Gasteiger partial charge in [0.1, 0.15) is 0 Å². The van der Waals surface area contributed by atoms with Gasteiger partial charge in [0.25, 0.3) is 0 Å². The molecule has 2 unspecified atom stereocenters. The average molecular weight is 351 g/mol. The van der Waals surface area contributed by atoms with Crippen LogP contribution in [0.5, 0.6) is 0 Å². The van der Waals surface area contributed by atoms with Crippen molar-refractivity contribution >= 4 is 0 Å². The number of nitrogens with one attached hydrogen (secondary N) is 2. The van der Waals surface area contributed by atoms with Crippen LogP contribution in [0.1, 0.15) is 35.6 Å². The van der Waals surface area contributed by atoms with E-state index in [2.05, 4.69) is 77.3 Å². The lowest BCUT2D eigenvalue weighted by atomic mass is 9.83. The third kappa shape index (κ3) is 3.69. The zero-order valence-electron chi connectivity index (χ0n) is 15.5. The standard InChI is InChI=1S/C22H29N3O/c1-17-7-9-20(10-8-17)22(26)11-13-25(14-12-22)16-19-15-23-24-21(19)18-5-3-2-4-6-18/h2-10,19,21,23-24,26H,11-16H2,1H3. The number of hydrogen-bond donors (Lipinski definition) is 3. The van der Waals surface area contributed by atoms with E-state index in [9.17, 15) is 5.11 Å². The highest BCUT2D eigenvalue weighted by atomic mass is 16.3. The zero-order valence-corrected chi connectivity index (χ0v) is 15.5. The van der Waals surface area contributed by atoms with Crippen molar-refractivity contribution in [3.8, 4) is 0 Å². The van der Waals surface area contributed by atoms with E-state index in [0.29, 0.717) is 12.0 Å². The fourth-order valence-corrected chi connectivity index (χ4v) is 4.31. The molecule has 3 N–H and O–H groups in total. The van der Waals surface area contributed by atoms with Crippen LogP contribution in [-0.4, -0.2) is 36.2 Å². The van der Waals surface area contributed by atoms with Gasteiger partial charge in [-0.2, -0.15) is 0 Å². The smallest absolute Gasteiger partial charge is 0.0920 e. The predicted molar refractivity (Wildman–Crippen MR) is 105 cm³/mol. The van der Waals surface area contributed by atoms with E-state index in [1.165, 1.54) is 11.1 Å². The maximum atomic E-state index is 11.1. The summed E-state index contributed by atoms with van der Waals surface area (Å²) in [5, 5.41) is 11.1. The van der Waals surface area contributed by atoms with E-state index in [-0.39, 0.29) is 0 Å². The van der Waals surface area contributed by atoms with Gasteiger partial charge in [-0.1, -0.05) is 60.2 Å². The third-order valence-corrected chi connectivity index (χ3v) is 6.02. The molecule has 2 atom stereocenters. The number of benzene rings is 2. The molecule has 2 heterocycles. The van der Waals surface area contributed by atoms with Gasteiger partial charge in [0, 0.05) is 32.1 Å². The van der Waals surface area contributed by atoms with Crippen molar-refractivity contribution in [1.29, 1.82) is 0 Å². The molecule has 2 aliphatic heterocycles. The number of piperidine rings is 1. The third-order valence-electron chi connectivity index (χ3n) is 6.02. The zero-order chi connectivity index (χ0) is 18.0. The molecule has 26 heavy (non-hydrogen) atoms. The molecule has 4 nitrogen and oxygen atoms in total. The molecule has 0 radical (unpaired) electrons. The number of nitrogens with zero attached hydrogens (tertiary/aromatic N) is 1. The molecule has 0 aliphatic carbocycles. The molecule has 4 rings (SSSR count). The first-order valence-electron chi connectivity index (χ1n) is 9.69. The number of rotatable bonds is 4. The molecule has 2 fully saturated rings. The van der Waals surface area contributed by atoms with Gasteiger partial charge < -0.3 is 10.0 Å². The van der Waals surface area contributed by atoms with Gasteiger partial charge in [0.05, 0.1) is 11.6 Å². The highest BCUT2D eigenvalue weighted by Crippen LogP contribution is 2.34. The van der Waals surface area contributed by atoms with Crippen molar-refractivity contribution in [1.82, 2.24) is 15.8 Å². The SMILES string of the molecule is Cc1ccc(C2(O)CCN(CC3CNNC3c3ccccc3)CC2)cc1. The van der Waals surface area contributed by atoms with E-state index in [4.69, 9.17) is 0 Å². The molecule has 2 aliphatic rings. The molecule has 0 bridgehead atoms. The summed E-state index contributed by atoms with van der Waals surface area (Å²) in [6.07, 6.45) is 1.61. The summed E-state index contributed by atoms with van der Waals surface area (Å²) in [7, 11) is 0. The minimum absolute atomic E-state index is 0.356. The summed E-state index contributed by atoms with van der Waals surface area (Å²) in [5.74, 6) is 0.544. The molecule has 0 saturated carbocycles. The van der Waals surface area contributed by atoms with Crippen molar-refractivity contribution in [2.24, 2.45) is 5.92 Å². The molecule has 0 amide bonds. The fourth-order valence-electron chi connectivity index (χ4n) is 4.31. The largest absolute Gasteiger partial charge is 0.385 e. The number of aliphatic hydroxyl groups is 1. The fraction of sp³-hybridized carbons (Fsp3) is 0.455. The van der Waals surface area contributed by atoms with Crippen molar-refractivity contribution in [2.45, 2.75) is 31.4 Å². The van der Waals surface area contributed by atoms with Gasteiger partial charge >= 0.3 is 0 Å². The minimum Gasteiger partial charge on any atom is -0.385 e. The van der Waals surface area contributed by atoms with Crippen molar-refractivity contribution in [2.75, 3.05) is 26.2 Å². The van der Waals surface area contributed by atoms with Crippen LogP contribution < -0.4 is 10.9 Å². The summed E-state index contributed by atoms with van der Waals surface area (Å²) in [6.45, 7) is 6.02. The van der Waals surface area contributed by atoms with Crippen molar-refractivity contribution < 1.29 is 5.11 Å². The average Bonchev–Trinajstić information content (AvgIpc) is 3.13. The van der Waals surface area contributed by atoms with Crippen molar-refractivity contribution in [3.63, 3.8) is 0 Å². The van der Waals surface area contributed by atoms with E-state index in [1.807, 2.05) is 0 Å². The normalized spacial score (nSPS) is 26.1. The van der Waals surface area contributed by atoms with Gasteiger partial charge in [-0.15, -0.1) is 0 Å². The van der Waals surface area contributed by atoms with Gasteiger partial charge in [-0.05, 0) is 30.9 Å². The Labute approximate surface area is 156 Å². The number of aryl methyl sites for hydroxylation is 1. The second-order valence-corrected chi connectivity index (χ2v) is 7.87. The van der Waals surface area contributed by atoms with E-state index in [0.717, 1.165) is 44.6 Å². The highest BCUT2D eigenvalue weighted by Gasteiger charge is 2.36. The first-order chi connectivity index (χ1) is 12.6. The molecule has 2 aromatic carbocycles. The van der Waals surface area contributed by atoms with Crippen LogP contribution in [0.25, 0.3) is 0 Å². The maximum Gasteiger partial charge on any atom is 0.0920 e. The Balaban J connectivity index is 1.37. The van der Waals surface area contributed by atoms with Crippen LogP contribution in [0, 0.1) is 12.8 Å². The molecular formula is C22H29N3O. The molecule has 2 aromatic rings. The maximum absolute atomic E-state index is 11.1. The number of likely N-dealkylation sites (tertiary alicyclic amines) is 1. The molecule has 2 saturated heterocycles. The second-order valence-electron chi connectivity index (χ2n) is 7.87. The van der Waals surface area contributed by atoms with Crippen molar-refractivity contribution in [3.05, 3.63) is 71.3 Å². The summed E-state index contributed by atoms with van der Waals surface area (Å²) in [5.41, 5.74) is 9.74. The van der Waals surface area contributed by atoms with Gasteiger partial charge in [0.2, 0.25) is 0 Å². The first-order valence-corrected chi connectivity index (χ1v) is 9.69. The minimum atomic E-state index is -0.671. The van der Waals surface area contributed by atoms with Crippen LogP contribution in [0.4, 0.5) is 0 Å². The molecular weight excluding hydrogens is 322 g/mol. The van der Waals surface area contributed by atoms with E-state index in [1.54, 1.807) is 0 Å². The summed E-state index contributed by atoms with van der Waals surface area (Å²) in [4.78, 5) is 2.51. The Kier molecular flexibility index (Phi) is 5.09. The Bertz CT molecular complexity index is 708. The van der Waals surface area contributed by atoms with E-state index < -0.39 is 5.60 Å². The summed E-state index contributed by atoms with van der Waals surface area (Å²) in [6, 6.07) is 19.4. The molecule has 0 aromatic heterocycles. The van der Waals surface area contributed by atoms with Crippen LogP contribution in [-0.2, 0) is 5.60 Å². The topological polar surface area (TPSA) is 47.5 Å². The number of hydrogen-bond acceptors (Lipinski definition) is 4. The Morgan fingerprint density at radius 2 is 1.73 bits per heavy atom. The molecule has 0 spiro atoms. The van der Waals surface area contributed by atoms with Crippen LogP contribution >= 0.6 is 0 Å². The van der Waals surface area contributed by atoms with Crippen LogP contribution in [0.15, 0.2) is 54.6 Å². The lowest BCUT2D eigenvalue weighted by Gasteiger charge is -2.40. The van der Waals surface area contributed by atoms with Gasteiger partial charge in [0.15, 0.2) is 0 Å². The van der Waals surface area contributed by atoms with Crippen LogP contribution in [0.2, 0.25) is 0 Å².